The van der Waals surface area contributed by atoms with Gasteiger partial charge in [0.25, 0.3) is 0 Å². The lowest BCUT2D eigenvalue weighted by Crippen LogP contribution is -2.45. The normalized spacial score (nSPS) is 17.2. The second-order valence-electron chi connectivity index (χ2n) is 7.61. The summed E-state index contributed by atoms with van der Waals surface area (Å²) in [6.45, 7) is 7.60. The molecule has 2 amide bonds. The van der Waals surface area contributed by atoms with E-state index in [0.717, 1.165) is 31.6 Å². The first-order chi connectivity index (χ1) is 13.7. The number of carbonyl (C=O) groups excluding carboxylic acids is 1. The number of nitrogens with one attached hydrogen (secondary N) is 1. The molecule has 1 aliphatic rings. The first-order valence-corrected chi connectivity index (χ1v) is 10.4. The number of benzene rings is 1. The molecule has 0 saturated carbocycles. The van der Waals surface area contributed by atoms with Gasteiger partial charge in [0, 0.05) is 38.6 Å². The van der Waals surface area contributed by atoms with Gasteiger partial charge >= 0.3 is 6.03 Å². The van der Waals surface area contributed by atoms with Crippen molar-refractivity contribution < 1.29 is 4.79 Å². The van der Waals surface area contributed by atoms with Crippen molar-refractivity contribution in [1.29, 1.82) is 0 Å². The summed E-state index contributed by atoms with van der Waals surface area (Å²) >= 11 is 0. The van der Waals surface area contributed by atoms with Crippen LogP contribution in [0.2, 0.25) is 0 Å². The van der Waals surface area contributed by atoms with Gasteiger partial charge in [0.15, 0.2) is 0 Å². The molecule has 0 aliphatic carbocycles. The first-order valence-electron chi connectivity index (χ1n) is 10.4. The van der Waals surface area contributed by atoms with Crippen molar-refractivity contribution in [3.63, 3.8) is 0 Å². The fraction of sp³-hybridized carbons (Fsp3) is 0.478. The molecule has 1 aromatic heterocycles. The molecule has 5 heteroatoms. The largest absolute Gasteiger partial charge is 0.338 e. The average Bonchev–Trinajstić information content (AvgIpc) is 2.76. The highest BCUT2D eigenvalue weighted by Gasteiger charge is 2.21. The monoisotopic (exact) mass is 380 g/mol. The molecule has 2 aromatic rings. The van der Waals surface area contributed by atoms with Crippen LogP contribution < -0.4 is 5.32 Å². The standard InChI is InChI=1S/C23H32N4O/c1-2-26-14-7-11-22(18-26)17-25-23(28)27(19-21-10-6-13-24-16-21)15-12-20-8-4-3-5-9-20/h3-6,8-10,13,16,22H,2,7,11-12,14-15,17-19H2,1H3,(H,25,28)/t22-/m0/s1. The predicted molar refractivity (Wildman–Crippen MR) is 113 cm³/mol. The van der Waals surface area contributed by atoms with Gasteiger partial charge in [-0.3, -0.25) is 4.98 Å². The van der Waals surface area contributed by atoms with E-state index in [1.807, 2.05) is 41.4 Å². The molecule has 1 atom stereocenters. The minimum atomic E-state index is 0.0217. The zero-order valence-electron chi connectivity index (χ0n) is 16.9. The summed E-state index contributed by atoms with van der Waals surface area (Å²) in [5.74, 6) is 0.548. The van der Waals surface area contributed by atoms with Crippen molar-refractivity contribution in [1.82, 2.24) is 20.1 Å². The van der Waals surface area contributed by atoms with Crippen LogP contribution >= 0.6 is 0 Å². The lowest BCUT2D eigenvalue weighted by atomic mass is 9.98. The Labute approximate surface area is 168 Å². The zero-order chi connectivity index (χ0) is 19.6. The quantitative estimate of drug-likeness (QED) is 0.762. The molecule has 150 valence electrons. The summed E-state index contributed by atoms with van der Waals surface area (Å²) in [6.07, 6.45) is 6.87. The molecule has 1 aromatic carbocycles. The molecule has 0 bridgehead atoms. The summed E-state index contributed by atoms with van der Waals surface area (Å²) in [6, 6.07) is 14.3. The molecule has 1 saturated heterocycles. The Morgan fingerprint density at radius 3 is 2.79 bits per heavy atom. The molecule has 1 fully saturated rings. The average molecular weight is 381 g/mol. The van der Waals surface area contributed by atoms with Gasteiger partial charge in [-0.15, -0.1) is 0 Å². The second-order valence-corrected chi connectivity index (χ2v) is 7.61. The highest BCUT2D eigenvalue weighted by atomic mass is 16.2. The van der Waals surface area contributed by atoms with Gasteiger partial charge in [-0.05, 0) is 55.5 Å². The Balaban J connectivity index is 1.57. The number of hydrogen-bond donors (Lipinski definition) is 1. The molecule has 2 heterocycles. The molecule has 1 N–H and O–H groups in total. The van der Waals surface area contributed by atoms with Crippen LogP contribution in [-0.2, 0) is 13.0 Å². The lowest BCUT2D eigenvalue weighted by Gasteiger charge is -2.32. The van der Waals surface area contributed by atoms with Crippen LogP contribution in [0.4, 0.5) is 4.79 Å². The van der Waals surface area contributed by atoms with E-state index in [1.54, 1.807) is 6.20 Å². The van der Waals surface area contributed by atoms with E-state index in [-0.39, 0.29) is 6.03 Å². The summed E-state index contributed by atoms with van der Waals surface area (Å²) in [5.41, 5.74) is 2.30. The van der Waals surface area contributed by atoms with E-state index in [2.05, 4.69) is 34.3 Å². The fourth-order valence-electron chi connectivity index (χ4n) is 3.82. The van der Waals surface area contributed by atoms with Gasteiger partial charge in [-0.25, -0.2) is 4.79 Å². The van der Waals surface area contributed by atoms with E-state index in [9.17, 15) is 4.79 Å². The SMILES string of the molecule is CCN1CCC[C@@H](CNC(=O)N(CCc2ccccc2)Cc2cccnc2)C1. The van der Waals surface area contributed by atoms with Gasteiger partial charge in [-0.1, -0.05) is 43.3 Å². The highest BCUT2D eigenvalue weighted by molar-refractivity contribution is 5.74. The number of rotatable bonds is 8. The number of nitrogens with zero attached hydrogens (tertiary/aromatic N) is 3. The number of urea groups is 1. The molecular weight excluding hydrogens is 348 g/mol. The number of likely N-dealkylation sites (tertiary alicyclic amines) is 1. The molecule has 0 spiro atoms. The van der Waals surface area contributed by atoms with Crippen LogP contribution in [0.5, 0.6) is 0 Å². The minimum Gasteiger partial charge on any atom is -0.338 e. The maximum Gasteiger partial charge on any atom is 0.317 e. The Morgan fingerprint density at radius 1 is 1.21 bits per heavy atom. The number of piperidine rings is 1. The molecule has 28 heavy (non-hydrogen) atoms. The van der Waals surface area contributed by atoms with E-state index >= 15 is 0 Å². The van der Waals surface area contributed by atoms with E-state index in [0.29, 0.717) is 19.0 Å². The van der Waals surface area contributed by atoms with E-state index in [4.69, 9.17) is 0 Å². The minimum absolute atomic E-state index is 0.0217. The third kappa shape index (κ3) is 6.34. The molecule has 1 aliphatic heterocycles. The Bertz CT molecular complexity index is 707. The molecule has 0 unspecified atom stereocenters. The van der Waals surface area contributed by atoms with E-state index in [1.165, 1.54) is 24.9 Å². The first kappa shape index (κ1) is 20.3. The maximum atomic E-state index is 12.9. The van der Waals surface area contributed by atoms with Crippen molar-refractivity contribution in [2.75, 3.05) is 32.7 Å². The molecular formula is C23H32N4O. The van der Waals surface area contributed by atoms with Gasteiger partial charge in [0.05, 0.1) is 0 Å². The van der Waals surface area contributed by atoms with Crippen LogP contribution in [-0.4, -0.2) is 53.5 Å². The summed E-state index contributed by atoms with van der Waals surface area (Å²) in [4.78, 5) is 21.5. The fourth-order valence-corrected chi connectivity index (χ4v) is 3.82. The van der Waals surface area contributed by atoms with Crippen molar-refractivity contribution in [3.05, 3.63) is 66.0 Å². The molecule has 0 radical (unpaired) electrons. The number of amides is 2. The van der Waals surface area contributed by atoms with Crippen LogP contribution in [0, 0.1) is 5.92 Å². The van der Waals surface area contributed by atoms with Crippen molar-refractivity contribution in [2.45, 2.75) is 32.7 Å². The molecule has 3 rings (SSSR count). The summed E-state index contributed by atoms with van der Waals surface area (Å²) < 4.78 is 0. The smallest absolute Gasteiger partial charge is 0.317 e. The van der Waals surface area contributed by atoms with Crippen molar-refractivity contribution in [3.8, 4) is 0 Å². The van der Waals surface area contributed by atoms with Gasteiger partial charge in [0.1, 0.15) is 0 Å². The van der Waals surface area contributed by atoms with Crippen LogP contribution in [0.25, 0.3) is 0 Å². The third-order valence-corrected chi connectivity index (χ3v) is 5.49. The Morgan fingerprint density at radius 2 is 2.04 bits per heavy atom. The van der Waals surface area contributed by atoms with Crippen LogP contribution in [0.1, 0.15) is 30.9 Å². The highest BCUT2D eigenvalue weighted by Crippen LogP contribution is 2.15. The van der Waals surface area contributed by atoms with Crippen molar-refractivity contribution in [2.24, 2.45) is 5.92 Å². The van der Waals surface area contributed by atoms with Crippen LogP contribution in [0.15, 0.2) is 54.9 Å². The van der Waals surface area contributed by atoms with Crippen molar-refractivity contribution >= 4 is 6.03 Å². The molecule has 5 nitrogen and oxygen atoms in total. The Kier molecular flexibility index (Phi) is 7.85. The third-order valence-electron chi connectivity index (χ3n) is 5.49. The maximum absolute atomic E-state index is 12.9. The van der Waals surface area contributed by atoms with Gasteiger partial charge in [0.2, 0.25) is 0 Å². The van der Waals surface area contributed by atoms with E-state index < -0.39 is 0 Å². The Hall–Kier alpha value is -2.40. The summed E-state index contributed by atoms with van der Waals surface area (Å²) in [5, 5.41) is 3.19. The predicted octanol–water partition coefficient (Wildman–Crippen LogP) is 3.57. The summed E-state index contributed by atoms with van der Waals surface area (Å²) in [7, 11) is 0. The van der Waals surface area contributed by atoms with Gasteiger partial charge < -0.3 is 15.1 Å². The lowest BCUT2D eigenvalue weighted by molar-refractivity contribution is 0.169. The second kappa shape index (κ2) is 10.8. The number of hydrogen-bond acceptors (Lipinski definition) is 3. The number of aromatic nitrogens is 1. The van der Waals surface area contributed by atoms with Gasteiger partial charge in [-0.2, -0.15) is 0 Å². The topological polar surface area (TPSA) is 48.5 Å². The van der Waals surface area contributed by atoms with Crippen LogP contribution in [0.3, 0.4) is 0 Å². The number of carbonyl (C=O) groups is 1. The zero-order valence-corrected chi connectivity index (χ0v) is 16.9. The number of pyridine rings is 1.